The number of nitrogens with one attached hydrogen (secondary N) is 1. The number of ether oxygens (including phenoxy) is 1. The Kier molecular flexibility index (Phi) is 6.26. The van der Waals surface area contributed by atoms with E-state index >= 15 is 0 Å². The van der Waals surface area contributed by atoms with Gasteiger partial charge in [0.25, 0.3) is 5.91 Å². The van der Waals surface area contributed by atoms with Crippen LogP contribution in [-0.4, -0.2) is 26.9 Å². The van der Waals surface area contributed by atoms with Gasteiger partial charge in [0.15, 0.2) is 6.61 Å². The van der Waals surface area contributed by atoms with Gasteiger partial charge in [0.2, 0.25) is 10.0 Å². The minimum Gasteiger partial charge on any atom is -0.455 e. The molecule has 2 aromatic rings. The van der Waals surface area contributed by atoms with Crippen molar-refractivity contribution in [2.75, 3.05) is 6.61 Å². The van der Waals surface area contributed by atoms with E-state index in [2.05, 4.69) is 5.32 Å². The standard InChI is InChI=1S/C17H18N2O5S/c18-25(22,23)15-8-6-14(7-9-15)11-19-16(20)12-24-17(21)10-13-4-2-1-3-5-13/h1-9H,10-12H2,(H,19,20)(H2,18,22,23). The summed E-state index contributed by atoms with van der Waals surface area (Å²) in [6, 6.07) is 14.9. The van der Waals surface area contributed by atoms with Gasteiger partial charge in [0, 0.05) is 6.54 Å². The molecule has 2 aromatic carbocycles. The predicted octanol–water partition coefficient (Wildman–Crippen LogP) is 0.736. The van der Waals surface area contributed by atoms with Crippen LogP contribution in [0.25, 0.3) is 0 Å². The van der Waals surface area contributed by atoms with Crippen molar-refractivity contribution >= 4 is 21.9 Å². The van der Waals surface area contributed by atoms with Gasteiger partial charge in [-0.1, -0.05) is 42.5 Å². The molecule has 0 unspecified atom stereocenters. The van der Waals surface area contributed by atoms with Crippen molar-refractivity contribution in [2.45, 2.75) is 17.9 Å². The molecule has 2 rings (SSSR count). The summed E-state index contributed by atoms with van der Waals surface area (Å²) in [5, 5.41) is 7.59. The molecule has 0 radical (unpaired) electrons. The Morgan fingerprint density at radius 2 is 1.60 bits per heavy atom. The molecule has 0 aliphatic carbocycles. The summed E-state index contributed by atoms with van der Waals surface area (Å²) in [5.74, 6) is -0.934. The van der Waals surface area contributed by atoms with Crippen molar-refractivity contribution < 1.29 is 22.7 Å². The molecule has 132 valence electrons. The fraction of sp³-hybridized carbons (Fsp3) is 0.176. The molecule has 0 aromatic heterocycles. The maximum Gasteiger partial charge on any atom is 0.310 e. The summed E-state index contributed by atoms with van der Waals surface area (Å²) in [4.78, 5) is 23.3. The number of benzene rings is 2. The van der Waals surface area contributed by atoms with Gasteiger partial charge in [0.05, 0.1) is 11.3 Å². The van der Waals surface area contributed by atoms with Crippen molar-refractivity contribution in [2.24, 2.45) is 5.14 Å². The molecule has 3 N–H and O–H groups in total. The van der Waals surface area contributed by atoms with Gasteiger partial charge in [0.1, 0.15) is 0 Å². The van der Waals surface area contributed by atoms with Crippen LogP contribution in [0.5, 0.6) is 0 Å². The Bertz CT molecular complexity index is 833. The van der Waals surface area contributed by atoms with Crippen molar-refractivity contribution in [3.05, 3.63) is 65.7 Å². The van der Waals surface area contributed by atoms with E-state index in [1.807, 2.05) is 18.2 Å². The summed E-state index contributed by atoms with van der Waals surface area (Å²) in [6.45, 7) is -0.194. The third-order valence-electron chi connectivity index (χ3n) is 3.30. The number of esters is 1. The summed E-state index contributed by atoms with van der Waals surface area (Å²) in [6.07, 6.45) is 0.100. The SMILES string of the molecule is NS(=O)(=O)c1ccc(CNC(=O)COC(=O)Cc2ccccc2)cc1. The number of hydrogen-bond acceptors (Lipinski definition) is 5. The molecule has 0 heterocycles. The zero-order valence-electron chi connectivity index (χ0n) is 13.3. The fourth-order valence-corrected chi connectivity index (χ4v) is 2.52. The molecular formula is C17H18N2O5S. The Morgan fingerprint density at radius 3 is 2.20 bits per heavy atom. The van der Waals surface area contributed by atoms with Gasteiger partial charge >= 0.3 is 5.97 Å². The molecule has 7 nitrogen and oxygen atoms in total. The molecule has 0 atom stereocenters. The summed E-state index contributed by atoms with van der Waals surface area (Å²) >= 11 is 0. The van der Waals surface area contributed by atoms with E-state index in [4.69, 9.17) is 9.88 Å². The zero-order chi connectivity index (χ0) is 18.3. The number of primary sulfonamides is 1. The summed E-state index contributed by atoms with van der Waals surface area (Å²) in [7, 11) is -3.74. The van der Waals surface area contributed by atoms with Crippen LogP contribution in [0, 0.1) is 0 Å². The number of amides is 1. The highest BCUT2D eigenvalue weighted by molar-refractivity contribution is 7.89. The Labute approximate surface area is 145 Å². The van der Waals surface area contributed by atoms with Crippen molar-refractivity contribution in [1.82, 2.24) is 5.32 Å². The van der Waals surface area contributed by atoms with E-state index in [1.165, 1.54) is 12.1 Å². The lowest BCUT2D eigenvalue weighted by atomic mass is 10.2. The van der Waals surface area contributed by atoms with Gasteiger partial charge in [-0.3, -0.25) is 9.59 Å². The van der Waals surface area contributed by atoms with Crippen LogP contribution in [-0.2, 0) is 37.3 Å². The molecule has 0 saturated heterocycles. The second kappa shape index (κ2) is 8.41. The second-order valence-electron chi connectivity index (χ2n) is 5.29. The normalized spacial score (nSPS) is 10.9. The van der Waals surface area contributed by atoms with Crippen LogP contribution < -0.4 is 10.5 Å². The first-order valence-corrected chi connectivity index (χ1v) is 8.97. The summed E-state index contributed by atoms with van der Waals surface area (Å²) < 4.78 is 27.2. The molecule has 25 heavy (non-hydrogen) atoms. The monoisotopic (exact) mass is 362 g/mol. The number of carbonyl (C=O) groups is 2. The van der Waals surface area contributed by atoms with E-state index in [-0.39, 0.29) is 24.5 Å². The van der Waals surface area contributed by atoms with Gasteiger partial charge in [-0.15, -0.1) is 0 Å². The largest absolute Gasteiger partial charge is 0.455 e. The second-order valence-corrected chi connectivity index (χ2v) is 6.85. The number of hydrogen-bond donors (Lipinski definition) is 2. The lowest BCUT2D eigenvalue weighted by Crippen LogP contribution is -2.28. The van der Waals surface area contributed by atoms with E-state index in [1.54, 1.807) is 24.3 Å². The average molecular weight is 362 g/mol. The lowest BCUT2D eigenvalue weighted by molar-refractivity contribution is -0.147. The van der Waals surface area contributed by atoms with E-state index < -0.39 is 21.9 Å². The van der Waals surface area contributed by atoms with Crippen LogP contribution in [0.1, 0.15) is 11.1 Å². The van der Waals surface area contributed by atoms with Crippen LogP contribution >= 0.6 is 0 Å². The average Bonchev–Trinajstić information content (AvgIpc) is 2.58. The topological polar surface area (TPSA) is 116 Å². The molecule has 8 heteroatoms. The first kappa shape index (κ1) is 18.6. The minimum absolute atomic E-state index is 0.00239. The lowest BCUT2D eigenvalue weighted by Gasteiger charge is -2.07. The smallest absolute Gasteiger partial charge is 0.310 e. The maximum atomic E-state index is 11.7. The third kappa shape index (κ3) is 6.36. The molecule has 0 aliphatic rings. The van der Waals surface area contributed by atoms with Crippen molar-refractivity contribution in [1.29, 1.82) is 0 Å². The van der Waals surface area contributed by atoms with E-state index in [9.17, 15) is 18.0 Å². The quantitative estimate of drug-likeness (QED) is 0.705. The molecule has 1 amide bonds. The first-order valence-electron chi connectivity index (χ1n) is 7.42. The Balaban J connectivity index is 1.74. The van der Waals surface area contributed by atoms with Gasteiger partial charge in [-0.2, -0.15) is 0 Å². The maximum absolute atomic E-state index is 11.7. The highest BCUT2D eigenvalue weighted by Crippen LogP contribution is 2.08. The highest BCUT2D eigenvalue weighted by atomic mass is 32.2. The fourth-order valence-electron chi connectivity index (χ4n) is 2.01. The van der Waals surface area contributed by atoms with Crippen LogP contribution in [0.4, 0.5) is 0 Å². The Hall–Kier alpha value is -2.71. The minimum atomic E-state index is -3.74. The highest BCUT2D eigenvalue weighted by Gasteiger charge is 2.09. The van der Waals surface area contributed by atoms with E-state index in [0.717, 1.165) is 5.56 Å². The third-order valence-corrected chi connectivity index (χ3v) is 4.23. The molecule has 0 spiro atoms. The first-order chi connectivity index (χ1) is 11.8. The van der Waals surface area contributed by atoms with Crippen molar-refractivity contribution in [3.63, 3.8) is 0 Å². The summed E-state index contributed by atoms with van der Waals surface area (Å²) in [5.41, 5.74) is 1.50. The predicted molar refractivity (Wildman–Crippen MR) is 90.8 cm³/mol. The number of carbonyl (C=O) groups excluding carboxylic acids is 2. The number of rotatable bonds is 7. The van der Waals surface area contributed by atoms with Gasteiger partial charge in [-0.05, 0) is 23.3 Å². The molecular weight excluding hydrogens is 344 g/mol. The molecule has 0 aliphatic heterocycles. The molecule has 0 saturated carbocycles. The van der Waals surface area contributed by atoms with Crippen molar-refractivity contribution in [3.8, 4) is 0 Å². The Morgan fingerprint density at radius 1 is 0.960 bits per heavy atom. The molecule has 0 bridgehead atoms. The van der Waals surface area contributed by atoms with E-state index in [0.29, 0.717) is 5.56 Å². The zero-order valence-corrected chi connectivity index (χ0v) is 14.2. The van der Waals surface area contributed by atoms with Gasteiger partial charge < -0.3 is 10.1 Å². The van der Waals surface area contributed by atoms with Crippen LogP contribution in [0.3, 0.4) is 0 Å². The van der Waals surface area contributed by atoms with Crippen LogP contribution in [0.15, 0.2) is 59.5 Å². The van der Waals surface area contributed by atoms with Crippen LogP contribution in [0.2, 0.25) is 0 Å². The molecule has 0 fully saturated rings. The number of nitrogens with two attached hydrogens (primary N) is 1. The number of sulfonamides is 1. The van der Waals surface area contributed by atoms with Gasteiger partial charge in [-0.25, -0.2) is 13.6 Å².